The number of rotatable bonds is 7. The van der Waals surface area contributed by atoms with Crippen LogP contribution in [0.2, 0.25) is 0 Å². The molecule has 4 rings (SSSR count). The number of nitrogens with zero attached hydrogens (tertiary/aromatic N) is 3. The fraction of sp³-hybridized carbons (Fsp3) is 0.680. The van der Waals surface area contributed by atoms with Gasteiger partial charge in [0, 0.05) is 25.1 Å². The Kier molecular flexibility index (Phi) is 7.22. The minimum absolute atomic E-state index is 0.0429. The van der Waals surface area contributed by atoms with Gasteiger partial charge in [-0.05, 0) is 75.2 Å². The van der Waals surface area contributed by atoms with Gasteiger partial charge < -0.3 is 20.0 Å². The number of allylic oxidation sites excluding steroid dienone is 4. The Balaban J connectivity index is 1.33. The van der Waals surface area contributed by atoms with E-state index in [0.29, 0.717) is 17.3 Å². The van der Waals surface area contributed by atoms with Crippen LogP contribution >= 0.6 is 0 Å². The maximum absolute atomic E-state index is 13.8. The first-order valence-corrected chi connectivity index (χ1v) is 12.3. The molecule has 0 spiro atoms. The highest BCUT2D eigenvalue weighted by Crippen LogP contribution is 2.35. The van der Waals surface area contributed by atoms with Crippen LogP contribution in [0.15, 0.2) is 22.4 Å². The topological polar surface area (TPSA) is 75.6 Å². The van der Waals surface area contributed by atoms with E-state index >= 15 is 0 Å². The molecule has 8 heteroatoms. The number of likely N-dealkylation sites (tertiary alicyclic amines) is 1. The van der Waals surface area contributed by atoms with Crippen LogP contribution in [0.25, 0.3) is 5.57 Å². The summed E-state index contributed by atoms with van der Waals surface area (Å²) >= 11 is 0. The molecule has 1 atom stereocenters. The normalized spacial score (nSPS) is 24.5. The monoisotopic (exact) mass is 462 g/mol. The number of amides is 1. The Hall–Kier alpha value is -2.22. The molecule has 1 aromatic rings. The average molecular weight is 463 g/mol. The summed E-state index contributed by atoms with van der Waals surface area (Å²) in [5.74, 6) is -0.675. The number of alkyl halides is 1. The van der Waals surface area contributed by atoms with Crippen LogP contribution in [0, 0.1) is 11.3 Å². The maximum atomic E-state index is 13.8. The highest BCUT2D eigenvalue weighted by atomic mass is 19.1. The van der Waals surface area contributed by atoms with E-state index in [4.69, 9.17) is 10.2 Å². The number of carbonyl (C=O) groups excluding carboxylic acids is 1. The van der Waals surface area contributed by atoms with Crippen molar-refractivity contribution in [3.63, 3.8) is 0 Å². The highest BCUT2D eigenvalue weighted by Gasteiger charge is 2.30. The number of halogens is 2. The molecule has 33 heavy (non-hydrogen) atoms. The molecule has 3 aliphatic rings. The third kappa shape index (κ3) is 5.65. The second kappa shape index (κ2) is 9.95. The molecule has 6 nitrogen and oxygen atoms in total. The van der Waals surface area contributed by atoms with Gasteiger partial charge in [-0.1, -0.05) is 20.3 Å². The van der Waals surface area contributed by atoms with Gasteiger partial charge in [-0.15, -0.1) is 0 Å². The summed E-state index contributed by atoms with van der Waals surface area (Å²) in [5, 5.41) is 0. The second-order valence-corrected chi connectivity index (χ2v) is 10.2. The van der Waals surface area contributed by atoms with E-state index in [0.717, 1.165) is 32.5 Å². The van der Waals surface area contributed by atoms with Gasteiger partial charge in [0.2, 0.25) is 0 Å². The molecule has 1 amide bonds. The number of nitrogens with two attached hydrogens (primary N) is 1. The zero-order valence-corrected chi connectivity index (χ0v) is 19.8. The van der Waals surface area contributed by atoms with E-state index in [-0.39, 0.29) is 23.4 Å². The Labute approximate surface area is 194 Å². The lowest BCUT2D eigenvalue weighted by Gasteiger charge is -2.39. The first kappa shape index (κ1) is 23.9. The molecule has 3 heterocycles. The maximum Gasteiger partial charge on any atom is 0.298 e. The van der Waals surface area contributed by atoms with Gasteiger partial charge >= 0.3 is 0 Å². The molecule has 0 aromatic carbocycles. The van der Waals surface area contributed by atoms with Crippen molar-refractivity contribution < 1.29 is 18.0 Å². The first-order valence-electron chi connectivity index (χ1n) is 12.3. The summed E-state index contributed by atoms with van der Waals surface area (Å²) in [5.41, 5.74) is 6.08. The molecule has 1 unspecified atom stereocenters. The molecule has 1 aromatic heterocycles. The lowest BCUT2D eigenvalue weighted by atomic mass is 9.78. The van der Waals surface area contributed by atoms with Gasteiger partial charge in [-0.3, -0.25) is 4.79 Å². The van der Waals surface area contributed by atoms with Crippen molar-refractivity contribution in [2.45, 2.75) is 65.0 Å². The number of hydrogen-bond donors (Lipinski definition) is 1. The van der Waals surface area contributed by atoms with Crippen LogP contribution in [0.3, 0.4) is 0 Å². The van der Waals surface area contributed by atoms with Gasteiger partial charge in [0.05, 0.1) is 0 Å². The van der Waals surface area contributed by atoms with Gasteiger partial charge in [-0.2, -0.15) is 4.98 Å². The molecule has 2 N–H and O–H groups in total. The van der Waals surface area contributed by atoms with E-state index in [1.54, 1.807) is 0 Å². The number of carbonyl (C=O) groups is 1. The smallest absolute Gasteiger partial charge is 0.298 e. The molecular weight excluding hydrogens is 426 g/mol. The van der Waals surface area contributed by atoms with Crippen molar-refractivity contribution in [1.29, 1.82) is 0 Å². The molecule has 2 fully saturated rings. The Morgan fingerprint density at radius 1 is 1.27 bits per heavy atom. The second-order valence-electron chi connectivity index (χ2n) is 10.2. The summed E-state index contributed by atoms with van der Waals surface area (Å²) in [6.45, 7) is 9.79. The van der Waals surface area contributed by atoms with E-state index < -0.39 is 17.9 Å². The summed E-state index contributed by atoms with van der Waals surface area (Å²) < 4.78 is 33.4. The third-order valence-electron chi connectivity index (χ3n) is 7.83. The summed E-state index contributed by atoms with van der Waals surface area (Å²) in [7, 11) is 0. The number of piperidine rings is 2. The fourth-order valence-electron chi connectivity index (χ4n) is 5.11. The molecule has 182 valence electrons. The molecule has 2 saturated heterocycles. The SMILES string of the molecule is CCC1(C)CCN(CCC2CCN(c3nc(C(N)=O)c(C4=CC(F)CC(F)=C4)o3)CC2)CC1. The Morgan fingerprint density at radius 2 is 1.97 bits per heavy atom. The van der Waals surface area contributed by atoms with Crippen molar-refractivity contribution in [3.05, 3.63) is 29.4 Å². The van der Waals surface area contributed by atoms with Crippen molar-refractivity contribution in [2.24, 2.45) is 17.1 Å². The highest BCUT2D eigenvalue weighted by molar-refractivity contribution is 5.96. The quantitative estimate of drug-likeness (QED) is 0.626. The molecular formula is C25H36F2N4O2. The van der Waals surface area contributed by atoms with Crippen LogP contribution in [0.4, 0.5) is 14.8 Å². The van der Waals surface area contributed by atoms with E-state index in [9.17, 15) is 13.6 Å². The molecule has 0 radical (unpaired) electrons. The Bertz CT molecular complexity index is 910. The number of oxazole rings is 1. The number of anilines is 1. The summed E-state index contributed by atoms with van der Waals surface area (Å²) in [4.78, 5) is 20.8. The predicted octanol–water partition coefficient (Wildman–Crippen LogP) is 4.87. The van der Waals surface area contributed by atoms with E-state index in [1.165, 1.54) is 50.9 Å². The van der Waals surface area contributed by atoms with Crippen molar-refractivity contribution >= 4 is 17.5 Å². The first-order chi connectivity index (χ1) is 15.8. The summed E-state index contributed by atoms with van der Waals surface area (Å²) in [6, 6.07) is 0.294. The van der Waals surface area contributed by atoms with E-state index in [2.05, 4.69) is 23.7 Å². The van der Waals surface area contributed by atoms with Gasteiger partial charge in [0.25, 0.3) is 11.9 Å². The summed E-state index contributed by atoms with van der Waals surface area (Å²) in [6.07, 6.45) is 7.72. The van der Waals surface area contributed by atoms with E-state index in [1.807, 2.05) is 4.90 Å². The van der Waals surface area contributed by atoms with Crippen LogP contribution in [-0.2, 0) is 0 Å². The van der Waals surface area contributed by atoms with Gasteiger partial charge in [-0.25, -0.2) is 8.78 Å². The van der Waals surface area contributed by atoms with Gasteiger partial charge in [0.15, 0.2) is 11.5 Å². The van der Waals surface area contributed by atoms with Gasteiger partial charge in [0.1, 0.15) is 12.0 Å². The minimum atomic E-state index is -1.47. The standard InChI is InChI=1S/C25H36F2N4O2/c1-3-25(2)7-12-30(13-8-25)9-4-17-5-10-31(11-6-17)24-29-21(23(28)32)22(33-24)18-14-19(26)16-20(27)15-18/h14-15,17,19H,3-13,16H2,1-2H3,(H2,28,32). The third-order valence-corrected chi connectivity index (χ3v) is 7.83. The number of primary amides is 1. The number of hydrogen-bond acceptors (Lipinski definition) is 5. The lowest BCUT2D eigenvalue weighted by Crippen LogP contribution is -2.40. The van der Waals surface area contributed by atoms with Crippen molar-refractivity contribution in [1.82, 2.24) is 9.88 Å². The average Bonchev–Trinajstić information content (AvgIpc) is 3.25. The van der Waals surface area contributed by atoms with Crippen LogP contribution in [-0.4, -0.2) is 54.7 Å². The number of aromatic nitrogens is 1. The minimum Gasteiger partial charge on any atom is -0.423 e. The lowest BCUT2D eigenvalue weighted by molar-refractivity contribution is 0.0995. The molecule has 1 aliphatic carbocycles. The zero-order valence-electron chi connectivity index (χ0n) is 19.8. The molecule has 2 aliphatic heterocycles. The Morgan fingerprint density at radius 3 is 2.58 bits per heavy atom. The molecule has 0 bridgehead atoms. The largest absolute Gasteiger partial charge is 0.423 e. The zero-order chi connectivity index (χ0) is 23.6. The van der Waals surface area contributed by atoms with Crippen LogP contribution < -0.4 is 10.6 Å². The van der Waals surface area contributed by atoms with Crippen molar-refractivity contribution in [3.8, 4) is 0 Å². The van der Waals surface area contributed by atoms with Crippen LogP contribution in [0.5, 0.6) is 0 Å². The van der Waals surface area contributed by atoms with Crippen molar-refractivity contribution in [2.75, 3.05) is 37.6 Å². The predicted molar refractivity (Wildman–Crippen MR) is 125 cm³/mol. The fourth-order valence-corrected chi connectivity index (χ4v) is 5.11. The van der Waals surface area contributed by atoms with Crippen LogP contribution in [0.1, 0.15) is 75.0 Å². The molecule has 0 saturated carbocycles.